The van der Waals surface area contributed by atoms with Gasteiger partial charge in [0.05, 0.1) is 25.2 Å². The van der Waals surface area contributed by atoms with Crippen LogP contribution in [0.25, 0.3) is 0 Å². The van der Waals surface area contributed by atoms with E-state index in [0.717, 1.165) is 5.56 Å². The van der Waals surface area contributed by atoms with E-state index < -0.39 is 41.1 Å². The maximum Gasteiger partial charge on any atom is 0.407 e. The Balaban J connectivity index is 2.15. The lowest BCUT2D eigenvalue weighted by Crippen LogP contribution is -2.48. The summed E-state index contributed by atoms with van der Waals surface area (Å²) in [6.45, 7) is 16.1. The van der Waals surface area contributed by atoms with Crippen molar-refractivity contribution in [2.24, 2.45) is 11.8 Å². The first-order valence-electron chi connectivity index (χ1n) is 16.3. The molecule has 0 spiro atoms. The van der Waals surface area contributed by atoms with Crippen molar-refractivity contribution >= 4 is 23.9 Å². The number of hydrogen-bond donors (Lipinski definition) is 3. The molecule has 0 aliphatic carbocycles. The predicted octanol–water partition coefficient (Wildman–Crippen LogP) is 4.86. The lowest BCUT2D eigenvalue weighted by atomic mass is 9.93. The van der Waals surface area contributed by atoms with Gasteiger partial charge in [0.1, 0.15) is 29.6 Å². The monoisotopic (exact) mass is 645 g/mol. The van der Waals surface area contributed by atoms with Crippen LogP contribution in [0.4, 0.5) is 4.79 Å². The van der Waals surface area contributed by atoms with Gasteiger partial charge in [-0.25, -0.2) is 9.59 Å². The van der Waals surface area contributed by atoms with Crippen LogP contribution >= 0.6 is 0 Å². The summed E-state index contributed by atoms with van der Waals surface area (Å²) < 4.78 is 22.4. The van der Waals surface area contributed by atoms with Gasteiger partial charge in [-0.15, -0.1) is 0 Å². The molecule has 11 heteroatoms. The van der Waals surface area contributed by atoms with Gasteiger partial charge in [0.2, 0.25) is 11.8 Å². The van der Waals surface area contributed by atoms with Crippen molar-refractivity contribution in [3.63, 3.8) is 0 Å². The van der Waals surface area contributed by atoms with Crippen molar-refractivity contribution in [3.8, 4) is 5.75 Å². The molecule has 2 aliphatic heterocycles. The lowest BCUT2D eigenvalue weighted by molar-refractivity contribution is -0.159. The van der Waals surface area contributed by atoms with Gasteiger partial charge in [-0.3, -0.25) is 9.59 Å². The molecule has 2 bridgehead atoms. The normalized spacial score (nSPS) is 18.7. The number of amides is 3. The maximum absolute atomic E-state index is 13.6. The Morgan fingerprint density at radius 3 is 2.24 bits per heavy atom. The molecule has 0 unspecified atom stereocenters. The highest BCUT2D eigenvalue weighted by atomic mass is 16.6. The van der Waals surface area contributed by atoms with Gasteiger partial charge in [0.15, 0.2) is 0 Å². The summed E-state index contributed by atoms with van der Waals surface area (Å²) in [5, 5.41) is 8.62. The fourth-order valence-corrected chi connectivity index (χ4v) is 4.59. The number of nitrogens with one attached hydrogen (secondary N) is 3. The number of benzene rings is 1. The van der Waals surface area contributed by atoms with Crippen LogP contribution in [0.3, 0.4) is 0 Å². The summed E-state index contributed by atoms with van der Waals surface area (Å²) in [5.74, 6) is -1.14. The molecule has 1 aromatic rings. The van der Waals surface area contributed by atoms with E-state index in [1.807, 2.05) is 50.3 Å². The number of hydrogen-bond acceptors (Lipinski definition) is 8. The number of esters is 1. The van der Waals surface area contributed by atoms with Gasteiger partial charge >= 0.3 is 12.1 Å². The van der Waals surface area contributed by atoms with Crippen LogP contribution in [0, 0.1) is 11.8 Å². The van der Waals surface area contributed by atoms with Crippen LogP contribution in [0.5, 0.6) is 5.75 Å². The highest BCUT2D eigenvalue weighted by Gasteiger charge is 2.30. The van der Waals surface area contributed by atoms with Gasteiger partial charge in [-0.05, 0) is 96.9 Å². The molecule has 0 saturated heterocycles. The zero-order chi connectivity index (χ0) is 34.3. The molecule has 0 saturated carbocycles. The van der Waals surface area contributed by atoms with Gasteiger partial charge in [0.25, 0.3) is 0 Å². The number of alkyl carbamates (subject to hydrolysis) is 1. The quantitative estimate of drug-likeness (QED) is 0.186. The Hall–Kier alpha value is -3.60. The summed E-state index contributed by atoms with van der Waals surface area (Å²) in [4.78, 5) is 52.1. The topological polar surface area (TPSA) is 141 Å². The molecule has 2 aliphatic rings. The third-order valence-corrected chi connectivity index (χ3v) is 6.98. The number of rotatable bonds is 10. The first-order chi connectivity index (χ1) is 21.5. The molecule has 258 valence electrons. The van der Waals surface area contributed by atoms with E-state index in [2.05, 4.69) is 16.0 Å². The molecule has 0 radical (unpaired) electrons. The summed E-state index contributed by atoms with van der Waals surface area (Å²) in [6.07, 6.45) is 4.85. The van der Waals surface area contributed by atoms with Crippen molar-refractivity contribution in [2.45, 2.75) is 111 Å². The fraction of sp³-hybridized carbons (Fsp3) is 0.657. The van der Waals surface area contributed by atoms with Crippen LogP contribution in [0.2, 0.25) is 0 Å². The zero-order valence-electron chi connectivity index (χ0n) is 28.9. The number of carbonyl (C=O) groups is 4. The number of carbonyl (C=O) groups excluding carboxylic acids is 4. The van der Waals surface area contributed by atoms with Gasteiger partial charge in [0, 0.05) is 13.0 Å². The van der Waals surface area contributed by atoms with Gasteiger partial charge < -0.3 is 34.9 Å². The second-order valence-electron chi connectivity index (χ2n) is 14.0. The molecular formula is C35H55N3O8. The summed E-state index contributed by atoms with van der Waals surface area (Å²) in [7, 11) is 0. The Labute approximate surface area is 274 Å². The molecule has 46 heavy (non-hydrogen) atoms. The van der Waals surface area contributed by atoms with E-state index in [1.54, 1.807) is 41.5 Å². The van der Waals surface area contributed by atoms with Crippen molar-refractivity contribution in [1.82, 2.24) is 16.0 Å². The molecule has 0 fully saturated rings. The maximum atomic E-state index is 13.6. The minimum atomic E-state index is -0.913. The van der Waals surface area contributed by atoms with Crippen molar-refractivity contribution in [2.75, 3.05) is 26.4 Å². The Morgan fingerprint density at radius 1 is 0.957 bits per heavy atom. The molecule has 3 amide bonds. The molecule has 2 heterocycles. The van der Waals surface area contributed by atoms with Crippen molar-refractivity contribution in [3.05, 3.63) is 42.0 Å². The van der Waals surface area contributed by atoms with Crippen LogP contribution in [0.1, 0.15) is 86.6 Å². The van der Waals surface area contributed by atoms with E-state index in [0.29, 0.717) is 57.8 Å². The van der Waals surface area contributed by atoms with E-state index in [1.165, 1.54) is 0 Å². The fourth-order valence-electron chi connectivity index (χ4n) is 4.59. The van der Waals surface area contributed by atoms with Crippen LogP contribution in [-0.2, 0) is 35.0 Å². The second kappa shape index (κ2) is 18.5. The standard InChI is InChI=1S/C35H55N3O8/c1-24(2)29-23-43-19-11-12-20-44-27-16-14-25(15-17-27)21-26(31(40)38-29)22-30(39)37-28(32(41)45-34(3,4)5)13-9-10-18-36-33(42)46-35(6,7)8/h11-12,14-17,24,26,28-29H,9-10,13,18-23H2,1-8H3,(H,36,42)(H,37,39)(H,38,40)/t26-,28-,29+/m0/s1. The van der Waals surface area contributed by atoms with Crippen molar-refractivity contribution < 1.29 is 38.1 Å². The number of fused-ring (bicyclic) bond motifs is 12. The summed E-state index contributed by atoms with van der Waals surface area (Å²) >= 11 is 0. The third-order valence-electron chi connectivity index (χ3n) is 6.98. The van der Waals surface area contributed by atoms with Crippen LogP contribution < -0.4 is 20.7 Å². The second-order valence-corrected chi connectivity index (χ2v) is 14.0. The number of unbranched alkanes of at least 4 members (excludes halogenated alkanes) is 1. The predicted molar refractivity (Wildman–Crippen MR) is 176 cm³/mol. The Bertz CT molecular complexity index is 1150. The lowest BCUT2D eigenvalue weighted by Gasteiger charge is -2.27. The average Bonchev–Trinajstić information content (AvgIpc) is 2.93. The number of ether oxygens (including phenoxy) is 4. The smallest absolute Gasteiger partial charge is 0.407 e. The van der Waals surface area contributed by atoms with Gasteiger partial charge in [-0.1, -0.05) is 32.1 Å². The first kappa shape index (κ1) is 38.6. The molecule has 3 N–H and O–H groups in total. The minimum Gasteiger partial charge on any atom is -0.490 e. The molecular weight excluding hydrogens is 590 g/mol. The first-order valence-corrected chi connectivity index (χ1v) is 16.3. The van der Waals surface area contributed by atoms with E-state index >= 15 is 0 Å². The molecule has 1 aromatic carbocycles. The molecule has 11 nitrogen and oxygen atoms in total. The van der Waals surface area contributed by atoms with Crippen LogP contribution in [0.15, 0.2) is 36.4 Å². The summed E-state index contributed by atoms with van der Waals surface area (Å²) in [6, 6.07) is 6.30. The SMILES string of the molecule is CC(C)[C@H]1COCC=CCOc2ccc(cc2)C[C@@H](CC(=O)N[C@@H](CCCCNC(=O)OC(C)(C)C)C(=O)OC(C)(C)C)C(=O)N1. The Morgan fingerprint density at radius 2 is 1.61 bits per heavy atom. The van der Waals surface area contributed by atoms with E-state index in [4.69, 9.17) is 18.9 Å². The molecule has 3 atom stereocenters. The highest BCUT2D eigenvalue weighted by Crippen LogP contribution is 2.19. The van der Waals surface area contributed by atoms with E-state index in [9.17, 15) is 19.2 Å². The van der Waals surface area contributed by atoms with Crippen molar-refractivity contribution in [1.29, 1.82) is 0 Å². The van der Waals surface area contributed by atoms with E-state index in [-0.39, 0.29) is 24.3 Å². The highest BCUT2D eigenvalue weighted by molar-refractivity contribution is 5.89. The molecule has 0 aromatic heterocycles. The zero-order valence-corrected chi connectivity index (χ0v) is 28.9. The average molecular weight is 646 g/mol. The van der Waals surface area contributed by atoms with Gasteiger partial charge in [-0.2, -0.15) is 0 Å². The Kier molecular flexibility index (Phi) is 15.5. The summed E-state index contributed by atoms with van der Waals surface area (Å²) in [5.41, 5.74) is -0.473. The molecule has 3 rings (SSSR count). The minimum absolute atomic E-state index is 0.102. The largest absolute Gasteiger partial charge is 0.490 e. The third kappa shape index (κ3) is 16.1. The van der Waals surface area contributed by atoms with Crippen LogP contribution in [-0.4, -0.2) is 73.5 Å².